The van der Waals surface area contributed by atoms with Crippen LogP contribution in [0.2, 0.25) is 0 Å². The van der Waals surface area contributed by atoms with Crippen LogP contribution >= 0.6 is 0 Å². The normalized spacial score (nSPS) is 19.3. The molecule has 0 bridgehead atoms. The maximum atomic E-state index is 10.8. The number of nitrogens with zero attached hydrogens (tertiary/aromatic N) is 1. The molecule has 1 aliphatic rings. The average molecular weight is 189 g/mol. The Kier molecular flexibility index (Phi) is 2.08. The van der Waals surface area contributed by atoms with Crippen molar-refractivity contribution in [2.45, 2.75) is 20.0 Å². The Morgan fingerprint density at radius 3 is 2.93 bits per heavy atom. The number of hydrogen-bond donors (Lipinski definition) is 0. The number of aliphatic imine (C=N–C) groups is 1. The van der Waals surface area contributed by atoms with Crippen molar-refractivity contribution >= 4 is 17.9 Å². The third-order valence-electron chi connectivity index (χ3n) is 2.28. The average Bonchev–Trinajstić information content (AvgIpc) is 2.16. The number of rotatable bonds is 1. The molecule has 14 heavy (non-hydrogen) atoms. The van der Waals surface area contributed by atoms with Crippen molar-refractivity contribution in [3.8, 4) is 0 Å². The third kappa shape index (κ3) is 1.31. The van der Waals surface area contributed by atoms with Gasteiger partial charge in [0, 0.05) is 12.5 Å². The van der Waals surface area contributed by atoms with Crippen LogP contribution in [0.3, 0.4) is 0 Å². The molecule has 0 radical (unpaired) electrons. The predicted octanol–water partition coefficient (Wildman–Crippen LogP) is 2.32. The monoisotopic (exact) mass is 189 g/mol. The Bertz CT molecular complexity index is 410. The molecule has 0 saturated carbocycles. The summed E-state index contributed by atoms with van der Waals surface area (Å²) in [5.74, 6) is 0.542. The minimum Gasteiger partial charge on any atom is -0.465 e. The number of aryl methyl sites for hydroxylation is 1. The van der Waals surface area contributed by atoms with Crippen molar-refractivity contribution in [3.05, 3.63) is 29.3 Å². The van der Waals surface area contributed by atoms with Crippen LogP contribution in [0.4, 0.5) is 5.69 Å². The van der Waals surface area contributed by atoms with Crippen molar-refractivity contribution in [3.63, 3.8) is 0 Å². The van der Waals surface area contributed by atoms with Gasteiger partial charge in [-0.3, -0.25) is 4.79 Å². The van der Waals surface area contributed by atoms with E-state index in [9.17, 15) is 4.79 Å². The summed E-state index contributed by atoms with van der Waals surface area (Å²) in [5, 5.41) is 0. The van der Waals surface area contributed by atoms with E-state index >= 15 is 0 Å². The first-order valence-electron chi connectivity index (χ1n) is 4.49. The molecule has 1 atom stereocenters. The lowest BCUT2D eigenvalue weighted by Gasteiger charge is -2.21. The summed E-state index contributed by atoms with van der Waals surface area (Å²) >= 11 is 0. The minimum atomic E-state index is -0.497. The van der Waals surface area contributed by atoms with E-state index in [0.29, 0.717) is 5.90 Å². The van der Waals surface area contributed by atoms with E-state index in [-0.39, 0.29) is 0 Å². The topological polar surface area (TPSA) is 38.7 Å². The molecule has 0 spiro atoms. The number of ether oxygens (including phenoxy) is 1. The van der Waals surface area contributed by atoms with E-state index in [1.165, 1.54) is 0 Å². The number of hydrogen-bond acceptors (Lipinski definition) is 3. The fourth-order valence-electron chi connectivity index (χ4n) is 1.67. The molecule has 2 rings (SSSR count). The quantitative estimate of drug-likeness (QED) is 0.636. The number of benzene rings is 1. The van der Waals surface area contributed by atoms with Crippen LogP contribution in [0.5, 0.6) is 0 Å². The first kappa shape index (κ1) is 8.94. The van der Waals surface area contributed by atoms with Crippen LogP contribution < -0.4 is 0 Å². The molecule has 1 aliphatic heterocycles. The summed E-state index contributed by atoms with van der Waals surface area (Å²) < 4.78 is 5.32. The first-order chi connectivity index (χ1) is 6.72. The minimum absolute atomic E-state index is 0.497. The summed E-state index contributed by atoms with van der Waals surface area (Å²) in [6.07, 6.45) is 0.313. The van der Waals surface area contributed by atoms with Crippen LogP contribution in [-0.2, 0) is 9.53 Å². The highest BCUT2D eigenvalue weighted by Crippen LogP contribution is 2.33. The lowest BCUT2D eigenvalue weighted by Crippen LogP contribution is -2.15. The Morgan fingerprint density at radius 1 is 1.43 bits per heavy atom. The van der Waals surface area contributed by atoms with Gasteiger partial charge in [0.2, 0.25) is 0 Å². The zero-order valence-electron chi connectivity index (χ0n) is 8.15. The Labute approximate surface area is 82.4 Å². The molecule has 3 heteroatoms. The molecule has 0 aromatic heterocycles. The molecular formula is C11H11NO2. The number of aldehydes is 1. The zero-order valence-corrected chi connectivity index (χ0v) is 8.15. The molecule has 1 heterocycles. The van der Waals surface area contributed by atoms with Gasteiger partial charge in [0.1, 0.15) is 0 Å². The molecule has 1 unspecified atom stereocenters. The standard InChI is InChI=1S/C11H11NO2/c1-7-4-3-5-9-11(7)10(6-13)14-8(2)12-9/h3-6,10H,1-2H3. The van der Waals surface area contributed by atoms with Gasteiger partial charge in [0.05, 0.1) is 5.69 Å². The fraction of sp³-hybridized carbons (Fsp3) is 0.273. The Morgan fingerprint density at radius 2 is 2.21 bits per heavy atom. The second-order valence-corrected chi connectivity index (χ2v) is 3.31. The summed E-state index contributed by atoms with van der Waals surface area (Å²) in [7, 11) is 0. The van der Waals surface area contributed by atoms with Gasteiger partial charge >= 0.3 is 0 Å². The van der Waals surface area contributed by atoms with Crippen molar-refractivity contribution in [2.75, 3.05) is 0 Å². The fourth-order valence-corrected chi connectivity index (χ4v) is 1.67. The van der Waals surface area contributed by atoms with E-state index in [1.54, 1.807) is 6.92 Å². The maximum Gasteiger partial charge on any atom is 0.186 e. The molecule has 0 fully saturated rings. The van der Waals surface area contributed by atoms with E-state index < -0.39 is 6.10 Å². The Balaban J connectivity index is 2.62. The molecule has 0 amide bonds. The van der Waals surface area contributed by atoms with Gasteiger partial charge in [0.25, 0.3) is 0 Å². The smallest absolute Gasteiger partial charge is 0.186 e. The van der Waals surface area contributed by atoms with Crippen molar-refractivity contribution in [1.29, 1.82) is 0 Å². The van der Waals surface area contributed by atoms with Gasteiger partial charge < -0.3 is 4.74 Å². The number of fused-ring (bicyclic) bond motifs is 1. The van der Waals surface area contributed by atoms with Crippen LogP contribution in [-0.4, -0.2) is 12.2 Å². The van der Waals surface area contributed by atoms with E-state index in [0.717, 1.165) is 23.1 Å². The van der Waals surface area contributed by atoms with Crippen LogP contribution in [0.15, 0.2) is 23.2 Å². The number of carbonyl (C=O) groups excluding carboxylic acids is 1. The second-order valence-electron chi connectivity index (χ2n) is 3.31. The lowest BCUT2D eigenvalue weighted by atomic mass is 10.0. The van der Waals surface area contributed by atoms with E-state index in [1.807, 2.05) is 25.1 Å². The van der Waals surface area contributed by atoms with Gasteiger partial charge in [-0.2, -0.15) is 0 Å². The van der Waals surface area contributed by atoms with Crippen molar-refractivity contribution < 1.29 is 9.53 Å². The van der Waals surface area contributed by atoms with Crippen LogP contribution in [0, 0.1) is 6.92 Å². The third-order valence-corrected chi connectivity index (χ3v) is 2.28. The molecular weight excluding hydrogens is 178 g/mol. The first-order valence-corrected chi connectivity index (χ1v) is 4.49. The van der Waals surface area contributed by atoms with E-state index in [2.05, 4.69) is 4.99 Å². The Hall–Kier alpha value is -1.64. The van der Waals surface area contributed by atoms with Gasteiger partial charge in [-0.05, 0) is 18.6 Å². The molecule has 3 nitrogen and oxygen atoms in total. The second kappa shape index (κ2) is 3.25. The number of carbonyl (C=O) groups is 1. The van der Waals surface area contributed by atoms with Gasteiger partial charge in [0.15, 0.2) is 18.3 Å². The van der Waals surface area contributed by atoms with Crippen LogP contribution in [0.25, 0.3) is 0 Å². The van der Waals surface area contributed by atoms with Gasteiger partial charge in [-0.25, -0.2) is 4.99 Å². The molecule has 1 aromatic rings. The zero-order chi connectivity index (χ0) is 10.1. The van der Waals surface area contributed by atoms with Crippen LogP contribution in [0.1, 0.15) is 24.2 Å². The lowest BCUT2D eigenvalue weighted by molar-refractivity contribution is -0.114. The van der Waals surface area contributed by atoms with Crippen molar-refractivity contribution in [1.82, 2.24) is 0 Å². The molecule has 72 valence electrons. The largest absolute Gasteiger partial charge is 0.465 e. The highest BCUT2D eigenvalue weighted by molar-refractivity contribution is 5.84. The van der Waals surface area contributed by atoms with Crippen molar-refractivity contribution in [2.24, 2.45) is 4.99 Å². The highest BCUT2D eigenvalue weighted by Gasteiger charge is 2.22. The summed E-state index contributed by atoms with van der Waals surface area (Å²) in [6.45, 7) is 3.70. The molecule has 1 aromatic carbocycles. The van der Waals surface area contributed by atoms with E-state index in [4.69, 9.17) is 4.74 Å². The van der Waals surface area contributed by atoms with Gasteiger partial charge in [-0.1, -0.05) is 12.1 Å². The summed E-state index contributed by atoms with van der Waals surface area (Å²) in [6, 6.07) is 5.78. The SMILES string of the molecule is CC1=Nc2cccc(C)c2C(C=O)O1. The molecule has 0 aliphatic carbocycles. The molecule has 0 N–H and O–H groups in total. The maximum absolute atomic E-state index is 10.8. The van der Waals surface area contributed by atoms with Gasteiger partial charge in [-0.15, -0.1) is 0 Å². The highest BCUT2D eigenvalue weighted by atomic mass is 16.5. The predicted molar refractivity (Wildman–Crippen MR) is 53.8 cm³/mol. The summed E-state index contributed by atoms with van der Waals surface area (Å²) in [4.78, 5) is 15.1. The molecule has 0 saturated heterocycles. The summed E-state index contributed by atoms with van der Waals surface area (Å²) in [5.41, 5.74) is 2.76.